The fourth-order valence-corrected chi connectivity index (χ4v) is 5.03. The number of anilines is 1. The summed E-state index contributed by atoms with van der Waals surface area (Å²) in [6.45, 7) is 8.32. The Morgan fingerprint density at radius 1 is 0.800 bits per heavy atom. The molecule has 3 rings (SSSR count). The Morgan fingerprint density at radius 2 is 1.44 bits per heavy atom. The van der Waals surface area contributed by atoms with Crippen molar-refractivity contribution in [3.8, 4) is 0 Å². The second-order valence-corrected chi connectivity index (χ2v) is 11.6. The summed E-state index contributed by atoms with van der Waals surface area (Å²) in [5.41, 5.74) is 8.95. The standard InChI is InChI=1S/C16H21IN2O4.C16H18INO4/c1-3-22-15(20)10-6-9-14(16(21)23-4-2)19-18-13-8-5-7-12(17)11-13;1-3-21-14(19)8-7-12-11-6-5-10(17)9-13(11)18-15(12)16(20)22-4-2/h5,7-9,11,18-19H,3-4,6,10H2,1-2H3;5-6,9,18H,3-4,7-8H2,1-2H3/b14-9+;. The number of hydrogen-bond donors (Lipinski definition) is 3. The number of hydrazine groups is 1. The number of H-pyrrole nitrogens is 1. The molecule has 244 valence electrons. The first kappa shape index (κ1) is 37.8. The minimum absolute atomic E-state index is 0.210. The highest BCUT2D eigenvalue weighted by molar-refractivity contribution is 14.1. The molecule has 0 atom stereocenters. The zero-order chi connectivity index (χ0) is 33.2. The summed E-state index contributed by atoms with van der Waals surface area (Å²) < 4.78 is 22.0. The smallest absolute Gasteiger partial charge is 0.355 e. The van der Waals surface area contributed by atoms with Crippen LogP contribution in [-0.2, 0) is 39.8 Å². The Balaban J connectivity index is 0.000000314. The third-order valence-corrected chi connectivity index (χ3v) is 7.24. The van der Waals surface area contributed by atoms with Crippen molar-refractivity contribution in [1.82, 2.24) is 10.4 Å². The van der Waals surface area contributed by atoms with E-state index in [0.29, 0.717) is 38.4 Å². The molecule has 11 nitrogen and oxygen atoms in total. The van der Waals surface area contributed by atoms with Crippen LogP contribution in [0.15, 0.2) is 54.2 Å². The number of carbonyl (C=O) groups is 4. The molecule has 0 radical (unpaired) electrons. The van der Waals surface area contributed by atoms with Crippen molar-refractivity contribution >= 4 is 85.6 Å². The van der Waals surface area contributed by atoms with Crippen LogP contribution in [0.25, 0.3) is 10.9 Å². The number of fused-ring (bicyclic) bond motifs is 1. The van der Waals surface area contributed by atoms with Crippen molar-refractivity contribution < 1.29 is 38.1 Å². The van der Waals surface area contributed by atoms with Gasteiger partial charge in [0.15, 0.2) is 0 Å². The summed E-state index contributed by atoms with van der Waals surface area (Å²) in [5.74, 6) is -1.43. The molecule has 0 spiro atoms. The van der Waals surface area contributed by atoms with Crippen molar-refractivity contribution in [1.29, 1.82) is 0 Å². The molecule has 0 amide bonds. The van der Waals surface area contributed by atoms with Gasteiger partial charge < -0.3 is 29.4 Å². The van der Waals surface area contributed by atoms with E-state index >= 15 is 0 Å². The van der Waals surface area contributed by atoms with Gasteiger partial charge in [0.25, 0.3) is 0 Å². The Labute approximate surface area is 290 Å². The van der Waals surface area contributed by atoms with Gasteiger partial charge in [0.2, 0.25) is 0 Å². The quantitative estimate of drug-likeness (QED) is 0.0514. The average molecular weight is 847 g/mol. The molecule has 0 fully saturated rings. The zero-order valence-electron chi connectivity index (χ0n) is 25.8. The monoisotopic (exact) mass is 847 g/mol. The van der Waals surface area contributed by atoms with Gasteiger partial charge in [-0.05, 0) is 122 Å². The first-order chi connectivity index (χ1) is 21.6. The second kappa shape index (κ2) is 20.6. The van der Waals surface area contributed by atoms with Gasteiger partial charge in [-0.2, -0.15) is 0 Å². The molecule has 0 saturated heterocycles. The maximum absolute atomic E-state index is 12.1. The summed E-state index contributed by atoms with van der Waals surface area (Å²) >= 11 is 4.42. The van der Waals surface area contributed by atoms with E-state index < -0.39 is 11.9 Å². The van der Waals surface area contributed by atoms with Crippen molar-refractivity contribution in [2.24, 2.45) is 0 Å². The first-order valence-corrected chi connectivity index (χ1v) is 16.7. The van der Waals surface area contributed by atoms with Crippen molar-refractivity contribution in [2.75, 3.05) is 31.9 Å². The van der Waals surface area contributed by atoms with Crippen LogP contribution in [0.2, 0.25) is 0 Å². The topological polar surface area (TPSA) is 145 Å². The van der Waals surface area contributed by atoms with Crippen molar-refractivity contribution in [3.05, 3.63) is 72.6 Å². The molecule has 3 aromatic rings. The van der Waals surface area contributed by atoms with Gasteiger partial charge in [0.05, 0.1) is 32.1 Å². The predicted molar refractivity (Wildman–Crippen MR) is 188 cm³/mol. The van der Waals surface area contributed by atoms with Crippen LogP contribution in [0.4, 0.5) is 5.69 Å². The van der Waals surface area contributed by atoms with E-state index in [1.165, 1.54) is 0 Å². The lowest BCUT2D eigenvalue weighted by Crippen LogP contribution is -2.27. The van der Waals surface area contributed by atoms with Gasteiger partial charge in [-0.1, -0.05) is 18.2 Å². The number of carbonyl (C=O) groups excluding carboxylic acids is 4. The molecule has 0 aliphatic heterocycles. The van der Waals surface area contributed by atoms with Crippen molar-refractivity contribution in [3.63, 3.8) is 0 Å². The van der Waals surface area contributed by atoms with Gasteiger partial charge in [-0.15, -0.1) is 0 Å². The lowest BCUT2D eigenvalue weighted by atomic mass is 10.1. The van der Waals surface area contributed by atoms with Crippen molar-refractivity contribution in [2.45, 2.75) is 53.4 Å². The Hall–Kier alpha value is -3.34. The number of aryl methyl sites for hydroxylation is 1. The number of nitrogens with one attached hydrogen (secondary N) is 3. The summed E-state index contributed by atoms with van der Waals surface area (Å²) in [6.07, 6.45) is 2.89. The largest absolute Gasteiger partial charge is 0.466 e. The molecule has 3 N–H and O–H groups in total. The van der Waals surface area contributed by atoms with Crippen LogP contribution in [0.3, 0.4) is 0 Å². The van der Waals surface area contributed by atoms with Gasteiger partial charge in [-0.3, -0.25) is 15.0 Å². The van der Waals surface area contributed by atoms with E-state index in [4.69, 9.17) is 18.9 Å². The molecular weight excluding hydrogens is 808 g/mol. The van der Waals surface area contributed by atoms with Gasteiger partial charge >= 0.3 is 23.9 Å². The number of esters is 4. The zero-order valence-corrected chi connectivity index (χ0v) is 30.1. The maximum atomic E-state index is 12.1. The minimum atomic E-state index is -0.477. The highest BCUT2D eigenvalue weighted by Gasteiger charge is 2.20. The van der Waals surface area contributed by atoms with E-state index in [1.54, 1.807) is 33.8 Å². The summed E-state index contributed by atoms with van der Waals surface area (Å²) in [5, 5.41) is 0.938. The number of halogens is 2. The van der Waals surface area contributed by atoms with E-state index in [-0.39, 0.29) is 37.1 Å². The molecule has 0 aliphatic rings. The van der Waals surface area contributed by atoms with E-state index in [9.17, 15) is 19.2 Å². The number of hydrogen-bond acceptors (Lipinski definition) is 10. The highest BCUT2D eigenvalue weighted by Crippen LogP contribution is 2.26. The number of aromatic amines is 1. The van der Waals surface area contributed by atoms with Crippen LogP contribution < -0.4 is 10.9 Å². The van der Waals surface area contributed by atoms with Crippen LogP contribution in [0.1, 0.15) is 63.0 Å². The molecule has 2 aromatic carbocycles. The number of benzene rings is 2. The van der Waals surface area contributed by atoms with Gasteiger partial charge in [0, 0.05) is 30.9 Å². The molecule has 0 aliphatic carbocycles. The maximum Gasteiger partial charge on any atom is 0.355 e. The molecule has 13 heteroatoms. The number of ether oxygens (including phenoxy) is 4. The van der Waals surface area contributed by atoms with Crippen LogP contribution in [0.5, 0.6) is 0 Å². The molecule has 45 heavy (non-hydrogen) atoms. The van der Waals surface area contributed by atoms with Gasteiger partial charge in [-0.25, -0.2) is 9.59 Å². The number of rotatable bonds is 15. The minimum Gasteiger partial charge on any atom is -0.466 e. The lowest BCUT2D eigenvalue weighted by Gasteiger charge is -2.13. The van der Waals surface area contributed by atoms with Crippen LogP contribution >= 0.6 is 45.2 Å². The first-order valence-electron chi connectivity index (χ1n) is 14.6. The fraction of sp³-hybridized carbons (Fsp3) is 0.375. The van der Waals surface area contributed by atoms with Crippen LogP contribution in [-0.4, -0.2) is 55.3 Å². The lowest BCUT2D eigenvalue weighted by molar-refractivity contribution is -0.144. The second-order valence-electron chi connectivity index (χ2n) is 9.14. The summed E-state index contributed by atoms with van der Waals surface area (Å²) in [4.78, 5) is 50.1. The normalized spacial score (nSPS) is 10.8. The molecule has 0 saturated carbocycles. The number of allylic oxidation sites excluding steroid dienone is 1. The van der Waals surface area contributed by atoms with E-state index in [1.807, 2.05) is 42.5 Å². The highest BCUT2D eigenvalue weighted by atomic mass is 127. The predicted octanol–water partition coefficient (Wildman–Crippen LogP) is 6.44. The summed E-state index contributed by atoms with van der Waals surface area (Å²) in [6, 6.07) is 13.6. The third kappa shape index (κ3) is 13.3. The molecule has 0 bridgehead atoms. The number of aromatic nitrogens is 1. The Morgan fingerprint density at radius 3 is 2.09 bits per heavy atom. The molecule has 1 heterocycles. The van der Waals surface area contributed by atoms with E-state index in [2.05, 4.69) is 61.0 Å². The third-order valence-electron chi connectivity index (χ3n) is 5.90. The average Bonchev–Trinajstić information content (AvgIpc) is 3.36. The molecule has 0 unspecified atom stereocenters. The Bertz CT molecular complexity index is 1470. The van der Waals surface area contributed by atoms with E-state index in [0.717, 1.165) is 29.3 Å². The fourth-order valence-electron chi connectivity index (χ4n) is 3.99. The summed E-state index contributed by atoms with van der Waals surface area (Å²) in [7, 11) is 0. The Kier molecular flexibility index (Phi) is 17.4. The molecular formula is C32H39I2N3O8. The van der Waals surface area contributed by atoms with Crippen LogP contribution in [0, 0.1) is 7.14 Å². The SMILES string of the molecule is CCOC(=O)CC/C=C(/NNc1cccc(I)c1)C(=O)OCC.CCOC(=O)CCc1c(C(=O)OCC)[nH]c2cc(I)ccc12. The van der Waals surface area contributed by atoms with Gasteiger partial charge in [0.1, 0.15) is 11.4 Å². The molecule has 1 aromatic heterocycles.